The maximum Gasteiger partial charge on any atom is 0.255 e. The van der Waals surface area contributed by atoms with Gasteiger partial charge in [0.15, 0.2) is 0 Å². The molecule has 0 radical (unpaired) electrons. The van der Waals surface area contributed by atoms with Crippen molar-refractivity contribution in [2.24, 2.45) is 0 Å². The standard InChI is InChI=1S/C24H17ClN4O/c1-15-13-21-22(14-20(15)26-24(30)17-9-11-18(25)12-10-17)28-29(27-21)23-8-4-6-16-5-2-3-7-19(16)23/h2-14H,1H3,(H,26,30). The molecule has 0 saturated heterocycles. The van der Waals surface area contributed by atoms with Crippen LogP contribution in [0.4, 0.5) is 5.69 Å². The number of nitrogens with one attached hydrogen (secondary N) is 1. The van der Waals surface area contributed by atoms with Crippen LogP contribution in [-0.4, -0.2) is 20.9 Å². The van der Waals surface area contributed by atoms with E-state index in [9.17, 15) is 4.79 Å². The van der Waals surface area contributed by atoms with E-state index in [0.717, 1.165) is 27.5 Å². The van der Waals surface area contributed by atoms with Crippen molar-refractivity contribution in [3.8, 4) is 5.69 Å². The lowest BCUT2D eigenvalue weighted by Crippen LogP contribution is -2.12. The van der Waals surface area contributed by atoms with Crippen molar-refractivity contribution < 1.29 is 4.79 Å². The molecule has 0 saturated carbocycles. The van der Waals surface area contributed by atoms with Gasteiger partial charge in [0.25, 0.3) is 5.91 Å². The van der Waals surface area contributed by atoms with Crippen LogP contribution in [0.25, 0.3) is 27.5 Å². The number of aromatic nitrogens is 3. The summed E-state index contributed by atoms with van der Waals surface area (Å²) in [4.78, 5) is 14.2. The number of halogens is 1. The molecule has 1 heterocycles. The summed E-state index contributed by atoms with van der Waals surface area (Å²) >= 11 is 5.91. The SMILES string of the molecule is Cc1cc2nn(-c3cccc4ccccc34)nc2cc1NC(=O)c1ccc(Cl)cc1. The quantitative estimate of drug-likeness (QED) is 0.408. The summed E-state index contributed by atoms with van der Waals surface area (Å²) in [6.45, 7) is 1.94. The van der Waals surface area contributed by atoms with E-state index in [1.807, 2.05) is 43.3 Å². The Morgan fingerprint density at radius 1 is 0.900 bits per heavy atom. The number of rotatable bonds is 3. The average molecular weight is 413 g/mol. The van der Waals surface area contributed by atoms with Gasteiger partial charge in [0.1, 0.15) is 11.0 Å². The molecule has 0 fully saturated rings. The molecule has 0 atom stereocenters. The largest absolute Gasteiger partial charge is 0.322 e. The maximum atomic E-state index is 12.6. The van der Waals surface area contributed by atoms with Crippen LogP contribution in [-0.2, 0) is 0 Å². The van der Waals surface area contributed by atoms with Gasteiger partial charge in [-0.1, -0.05) is 48.0 Å². The Hall–Kier alpha value is -3.70. The topological polar surface area (TPSA) is 59.8 Å². The van der Waals surface area contributed by atoms with E-state index in [0.29, 0.717) is 21.8 Å². The highest BCUT2D eigenvalue weighted by Gasteiger charge is 2.13. The van der Waals surface area contributed by atoms with Gasteiger partial charge in [0.05, 0.1) is 5.69 Å². The highest BCUT2D eigenvalue weighted by Crippen LogP contribution is 2.25. The van der Waals surface area contributed by atoms with Crippen LogP contribution < -0.4 is 5.32 Å². The lowest BCUT2D eigenvalue weighted by Gasteiger charge is -2.08. The molecular formula is C24H17ClN4O. The number of benzene rings is 4. The van der Waals surface area contributed by atoms with Crippen molar-refractivity contribution in [2.45, 2.75) is 6.92 Å². The van der Waals surface area contributed by atoms with Gasteiger partial charge in [-0.3, -0.25) is 4.79 Å². The molecule has 5 nitrogen and oxygen atoms in total. The molecule has 5 rings (SSSR count). The van der Waals surface area contributed by atoms with Crippen LogP contribution in [0, 0.1) is 6.92 Å². The number of carbonyl (C=O) groups excluding carboxylic acids is 1. The molecule has 5 aromatic rings. The summed E-state index contributed by atoms with van der Waals surface area (Å²) in [6, 6.07) is 24.8. The van der Waals surface area contributed by atoms with Crippen LogP contribution in [0.1, 0.15) is 15.9 Å². The van der Waals surface area contributed by atoms with Gasteiger partial charge in [-0.05, 0) is 60.3 Å². The Balaban J connectivity index is 1.53. The van der Waals surface area contributed by atoms with Gasteiger partial charge >= 0.3 is 0 Å². The summed E-state index contributed by atoms with van der Waals surface area (Å²) in [5.41, 5.74) is 4.54. The van der Waals surface area contributed by atoms with Gasteiger partial charge in [-0.25, -0.2) is 0 Å². The number of hydrogen-bond acceptors (Lipinski definition) is 3. The monoisotopic (exact) mass is 412 g/mol. The fourth-order valence-corrected chi connectivity index (χ4v) is 3.61. The van der Waals surface area contributed by atoms with E-state index < -0.39 is 0 Å². The van der Waals surface area contributed by atoms with E-state index in [4.69, 9.17) is 11.6 Å². The smallest absolute Gasteiger partial charge is 0.255 e. The molecule has 6 heteroatoms. The second kappa shape index (κ2) is 7.28. The summed E-state index contributed by atoms with van der Waals surface area (Å²) in [7, 11) is 0. The van der Waals surface area contributed by atoms with Gasteiger partial charge < -0.3 is 5.32 Å². The van der Waals surface area contributed by atoms with Crippen molar-refractivity contribution in [2.75, 3.05) is 5.32 Å². The summed E-state index contributed by atoms with van der Waals surface area (Å²) in [6.07, 6.45) is 0. The molecular weight excluding hydrogens is 396 g/mol. The van der Waals surface area contributed by atoms with Gasteiger partial charge in [0.2, 0.25) is 0 Å². The van der Waals surface area contributed by atoms with E-state index in [2.05, 4.69) is 33.7 Å². The summed E-state index contributed by atoms with van der Waals surface area (Å²) < 4.78 is 0. The minimum atomic E-state index is -0.199. The van der Waals surface area contributed by atoms with Gasteiger partial charge in [-0.2, -0.15) is 0 Å². The van der Waals surface area contributed by atoms with Gasteiger partial charge in [0, 0.05) is 21.7 Å². The normalized spacial score (nSPS) is 11.1. The summed E-state index contributed by atoms with van der Waals surface area (Å²) in [5.74, 6) is -0.199. The Bertz CT molecular complexity index is 1400. The molecule has 0 unspecified atom stereocenters. The molecule has 1 amide bonds. The van der Waals surface area contributed by atoms with E-state index in [-0.39, 0.29) is 5.91 Å². The number of carbonyl (C=O) groups is 1. The third-order valence-electron chi connectivity index (χ3n) is 5.06. The van der Waals surface area contributed by atoms with Crippen LogP contribution in [0.3, 0.4) is 0 Å². The number of fused-ring (bicyclic) bond motifs is 2. The highest BCUT2D eigenvalue weighted by atomic mass is 35.5. The lowest BCUT2D eigenvalue weighted by atomic mass is 10.1. The minimum Gasteiger partial charge on any atom is -0.322 e. The maximum absolute atomic E-state index is 12.6. The second-order valence-electron chi connectivity index (χ2n) is 7.10. The van der Waals surface area contributed by atoms with E-state index in [1.165, 1.54) is 0 Å². The number of nitrogens with zero attached hydrogens (tertiary/aromatic N) is 3. The molecule has 0 aliphatic carbocycles. The average Bonchev–Trinajstić information content (AvgIpc) is 3.16. The fourth-order valence-electron chi connectivity index (χ4n) is 3.49. The number of amides is 1. The zero-order valence-electron chi connectivity index (χ0n) is 16.1. The third kappa shape index (κ3) is 3.29. The predicted molar refractivity (Wildman–Crippen MR) is 121 cm³/mol. The number of anilines is 1. The van der Waals surface area contributed by atoms with E-state index >= 15 is 0 Å². The zero-order chi connectivity index (χ0) is 20.7. The Morgan fingerprint density at radius 3 is 2.40 bits per heavy atom. The Labute approximate surface area is 177 Å². The van der Waals surface area contributed by atoms with Crippen LogP contribution >= 0.6 is 11.6 Å². The first kappa shape index (κ1) is 18.3. The van der Waals surface area contributed by atoms with Crippen molar-refractivity contribution in [1.29, 1.82) is 0 Å². The third-order valence-corrected chi connectivity index (χ3v) is 5.32. The molecule has 0 bridgehead atoms. The first-order valence-electron chi connectivity index (χ1n) is 9.51. The van der Waals surface area contributed by atoms with Crippen molar-refractivity contribution in [3.05, 3.63) is 95.0 Å². The molecule has 4 aromatic carbocycles. The van der Waals surface area contributed by atoms with Gasteiger partial charge in [-0.15, -0.1) is 15.0 Å². The fraction of sp³-hybridized carbons (Fsp3) is 0.0417. The first-order valence-corrected chi connectivity index (χ1v) is 9.89. The molecule has 1 N–H and O–H groups in total. The van der Waals surface area contributed by atoms with E-state index in [1.54, 1.807) is 29.1 Å². The minimum absolute atomic E-state index is 0.199. The first-order chi connectivity index (χ1) is 14.6. The highest BCUT2D eigenvalue weighted by molar-refractivity contribution is 6.30. The summed E-state index contributed by atoms with van der Waals surface area (Å²) in [5, 5.41) is 15.1. The van der Waals surface area contributed by atoms with Crippen molar-refractivity contribution >= 4 is 45.0 Å². The van der Waals surface area contributed by atoms with Crippen molar-refractivity contribution in [1.82, 2.24) is 15.0 Å². The number of hydrogen-bond donors (Lipinski definition) is 1. The second-order valence-corrected chi connectivity index (χ2v) is 7.54. The lowest BCUT2D eigenvalue weighted by molar-refractivity contribution is 0.102. The van der Waals surface area contributed by atoms with Crippen molar-refractivity contribution in [3.63, 3.8) is 0 Å². The molecule has 0 aliphatic heterocycles. The predicted octanol–water partition coefficient (Wildman–Crippen LogP) is 5.79. The molecule has 1 aromatic heterocycles. The molecule has 0 spiro atoms. The zero-order valence-corrected chi connectivity index (χ0v) is 16.9. The molecule has 30 heavy (non-hydrogen) atoms. The Kier molecular flexibility index (Phi) is 4.45. The molecule has 0 aliphatic rings. The van der Waals surface area contributed by atoms with Crippen LogP contribution in [0.2, 0.25) is 5.02 Å². The Morgan fingerprint density at radius 2 is 1.60 bits per heavy atom. The number of aryl methyl sites for hydroxylation is 1. The van der Waals surface area contributed by atoms with Crippen LogP contribution in [0.5, 0.6) is 0 Å². The molecule has 146 valence electrons. The van der Waals surface area contributed by atoms with Crippen LogP contribution in [0.15, 0.2) is 78.9 Å².